The van der Waals surface area contributed by atoms with Crippen LogP contribution in [0.4, 0.5) is 8.78 Å². The maximum atomic E-state index is 14.5. The van der Waals surface area contributed by atoms with Crippen LogP contribution in [0.2, 0.25) is 0 Å². The molecule has 11 atom stereocenters. The fraction of sp³-hybridized carbons (Fsp3) is 0.788. The lowest BCUT2D eigenvalue weighted by Gasteiger charge is -2.62. The molecule has 0 aliphatic heterocycles. The van der Waals surface area contributed by atoms with Gasteiger partial charge in [-0.1, -0.05) is 33.3 Å². The molecule has 0 spiro atoms. The van der Waals surface area contributed by atoms with Gasteiger partial charge in [0, 0.05) is 6.92 Å². The minimum absolute atomic E-state index is 0.125. The van der Waals surface area contributed by atoms with E-state index in [9.17, 15) is 23.8 Å². The van der Waals surface area contributed by atoms with E-state index in [2.05, 4.69) is 20.8 Å². The van der Waals surface area contributed by atoms with Crippen LogP contribution in [0.5, 0.6) is 0 Å². The summed E-state index contributed by atoms with van der Waals surface area (Å²) in [5.41, 5.74) is 0.278. The molecule has 4 fully saturated rings. The second-order valence-corrected chi connectivity index (χ2v) is 14.0. The van der Waals surface area contributed by atoms with Crippen molar-refractivity contribution in [2.45, 2.75) is 117 Å². The Morgan fingerprint density at radius 1 is 0.949 bits per heavy atom. The Morgan fingerprint density at radius 3 is 2.28 bits per heavy atom. The van der Waals surface area contributed by atoms with Crippen LogP contribution in [0.3, 0.4) is 0 Å². The first kappa shape index (κ1) is 29.0. The monoisotopic (exact) mass is 546 g/mol. The quantitative estimate of drug-likeness (QED) is 0.351. The summed E-state index contributed by atoms with van der Waals surface area (Å²) in [6.45, 7) is 8.55. The molecule has 6 heteroatoms. The lowest BCUT2D eigenvalue weighted by molar-refractivity contribution is -0.174. The number of benzene rings is 1. The third kappa shape index (κ3) is 5.07. The molecule has 0 saturated heterocycles. The summed E-state index contributed by atoms with van der Waals surface area (Å²) in [5.74, 6) is 1.49. The van der Waals surface area contributed by atoms with E-state index >= 15 is 0 Å². The van der Waals surface area contributed by atoms with Crippen molar-refractivity contribution >= 4 is 5.97 Å². The highest BCUT2D eigenvalue weighted by Gasteiger charge is 2.61. The van der Waals surface area contributed by atoms with Crippen molar-refractivity contribution in [1.82, 2.24) is 0 Å². The number of halogens is 2. The van der Waals surface area contributed by atoms with E-state index in [1.54, 1.807) is 0 Å². The molecular weight excluding hydrogens is 498 g/mol. The van der Waals surface area contributed by atoms with Crippen molar-refractivity contribution in [3.8, 4) is 0 Å². The van der Waals surface area contributed by atoms with Gasteiger partial charge in [0.15, 0.2) is 0 Å². The van der Waals surface area contributed by atoms with Gasteiger partial charge in [0.2, 0.25) is 0 Å². The Balaban J connectivity index is 1.24. The predicted octanol–water partition coefficient (Wildman–Crippen LogP) is 7.37. The Bertz CT molecular complexity index is 1030. The number of aliphatic hydroxyl groups is 2. The standard InChI is InChI=1S/C33H48F2O4/c1-19(7-5-10-29(39-20(2)36)30-26(34)8-6-9-27(30)35)22-13-14-23-21-11-12-25-31(38)28(37)16-18-33(25,4)24(21)15-17-32(22,23)3/h6,8-9,19,21-25,28-29,31,37-38H,5,7,10-18H2,1-4H3/t19-,21+,22-,23+,24+,25+,28+,29?,31-,32-,33-/m1/s1. The van der Waals surface area contributed by atoms with Crippen LogP contribution < -0.4 is 0 Å². The summed E-state index contributed by atoms with van der Waals surface area (Å²) < 4.78 is 34.3. The lowest BCUT2D eigenvalue weighted by Crippen LogP contribution is -2.58. The Morgan fingerprint density at radius 2 is 1.59 bits per heavy atom. The molecule has 0 bridgehead atoms. The highest BCUT2D eigenvalue weighted by molar-refractivity contribution is 5.66. The van der Waals surface area contributed by atoms with Crippen molar-refractivity contribution in [3.05, 3.63) is 35.4 Å². The number of fused-ring (bicyclic) bond motifs is 5. The van der Waals surface area contributed by atoms with Gasteiger partial charge in [-0.05, 0) is 123 Å². The highest BCUT2D eigenvalue weighted by Crippen LogP contribution is 2.68. The zero-order chi connectivity index (χ0) is 28.1. The minimum Gasteiger partial charge on any atom is -0.457 e. The van der Waals surface area contributed by atoms with Gasteiger partial charge in [0.1, 0.15) is 17.7 Å². The third-order valence-electron chi connectivity index (χ3n) is 12.2. The largest absolute Gasteiger partial charge is 0.457 e. The smallest absolute Gasteiger partial charge is 0.303 e. The van der Waals surface area contributed by atoms with Gasteiger partial charge in [-0.25, -0.2) is 8.78 Å². The fourth-order valence-corrected chi connectivity index (χ4v) is 10.4. The molecule has 4 saturated carbocycles. The number of carbonyl (C=O) groups excluding carboxylic acids is 1. The molecule has 0 radical (unpaired) electrons. The SMILES string of the molecule is CC(=O)OC(CCC[C@@H](C)[C@H]1CC[C@H]2[C@@H]3CC[C@H]4[C@@H](O)[C@@H](O)CC[C@]4(C)[C@H]3CC[C@]12C)c1c(F)cccc1F. The van der Waals surface area contributed by atoms with Gasteiger partial charge in [-0.3, -0.25) is 4.79 Å². The average molecular weight is 547 g/mol. The Hall–Kier alpha value is -1.53. The zero-order valence-corrected chi connectivity index (χ0v) is 24.2. The molecule has 4 nitrogen and oxygen atoms in total. The van der Waals surface area contributed by atoms with Gasteiger partial charge in [0.05, 0.1) is 17.8 Å². The maximum Gasteiger partial charge on any atom is 0.303 e. The molecule has 4 aliphatic rings. The van der Waals surface area contributed by atoms with E-state index in [0.717, 1.165) is 32.1 Å². The van der Waals surface area contributed by atoms with E-state index < -0.39 is 35.9 Å². The molecule has 1 aromatic carbocycles. The van der Waals surface area contributed by atoms with Crippen molar-refractivity contribution in [2.75, 3.05) is 0 Å². The molecule has 0 amide bonds. The summed E-state index contributed by atoms with van der Waals surface area (Å²) in [5, 5.41) is 21.2. The summed E-state index contributed by atoms with van der Waals surface area (Å²) in [7, 11) is 0. The summed E-state index contributed by atoms with van der Waals surface area (Å²) in [4.78, 5) is 11.7. The fourth-order valence-electron chi connectivity index (χ4n) is 10.4. The van der Waals surface area contributed by atoms with E-state index in [-0.39, 0.29) is 16.9 Å². The van der Waals surface area contributed by atoms with Crippen LogP contribution in [0, 0.1) is 58.0 Å². The first-order chi connectivity index (χ1) is 18.5. The maximum absolute atomic E-state index is 14.5. The third-order valence-corrected chi connectivity index (χ3v) is 12.2. The molecule has 5 rings (SSSR count). The van der Waals surface area contributed by atoms with Crippen LogP contribution in [0.1, 0.15) is 110 Å². The van der Waals surface area contributed by atoms with E-state index in [1.165, 1.54) is 50.8 Å². The molecule has 0 heterocycles. The second-order valence-electron chi connectivity index (χ2n) is 14.0. The number of esters is 1. The Kier molecular flexibility index (Phi) is 8.20. The molecule has 39 heavy (non-hydrogen) atoms. The van der Waals surface area contributed by atoms with Crippen LogP contribution in [-0.2, 0) is 9.53 Å². The van der Waals surface area contributed by atoms with Crippen LogP contribution in [0.15, 0.2) is 18.2 Å². The van der Waals surface area contributed by atoms with Gasteiger partial charge in [-0.2, -0.15) is 0 Å². The number of aliphatic hydroxyl groups excluding tert-OH is 2. The topological polar surface area (TPSA) is 66.8 Å². The number of rotatable bonds is 7. The first-order valence-electron chi connectivity index (χ1n) is 15.4. The molecule has 1 aromatic rings. The van der Waals surface area contributed by atoms with Gasteiger partial charge in [-0.15, -0.1) is 0 Å². The molecule has 2 N–H and O–H groups in total. The minimum atomic E-state index is -0.904. The molecular formula is C33H48F2O4. The van der Waals surface area contributed by atoms with Crippen molar-refractivity contribution in [2.24, 2.45) is 46.3 Å². The van der Waals surface area contributed by atoms with E-state index in [1.807, 2.05) is 0 Å². The predicted molar refractivity (Wildman–Crippen MR) is 146 cm³/mol. The summed E-state index contributed by atoms with van der Waals surface area (Å²) in [6, 6.07) is 3.77. The highest BCUT2D eigenvalue weighted by atomic mass is 19.1. The average Bonchev–Trinajstić information content (AvgIpc) is 3.23. The molecule has 0 aromatic heterocycles. The van der Waals surface area contributed by atoms with Crippen molar-refractivity contribution in [3.63, 3.8) is 0 Å². The van der Waals surface area contributed by atoms with Gasteiger partial charge >= 0.3 is 5.97 Å². The van der Waals surface area contributed by atoms with Crippen LogP contribution >= 0.6 is 0 Å². The van der Waals surface area contributed by atoms with E-state index in [4.69, 9.17) is 4.74 Å². The molecule has 4 aliphatic carbocycles. The normalized spacial score (nSPS) is 41.2. The number of hydrogen-bond donors (Lipinski definition) is 2. The Labute approximate surface area is 232 Å². The van der Waals surface area contributed by atoms with Crippen molar-refractivity contribution < 1.29 is 28.5 Å². The summed E-state index contributed by atoms with van der Waals surface area (Å²) >= 11 is 0. The van der Waals surface area contributed by atoms with Gasteiger partial charge in [0.25, 0.3) is 0 Å². The number of hydrogen-bond acceptors (Lipinski definition) is 4. The molecule has 218 valence electrons. The van der Waals surface area contributed by atoms with Gasteiger partial charge < -0.3 is 14.9 Å². The lowest BCUT2D eigenvalue weighted by atomic mass is 9.44. The van der Waals surface area contributed by atoms with Crippen molar-refractivity contribution in [1.29, 1.82) is 0 Å². The van der Waals surface area contributed by atoms with Crippen LogP contribution in [0.25, 0.3) is 0 Å². The zero-order valence-electron chi connectivity index (χ0n) is 24.2. The number of carbonyl (C=O) groups is 1. The first-order valence-corrected chi connectivity index (χ1v) is 15.4. The van der Waals surface area contributed by atoms with Crippen LogP contribution in [-0.4, -0.2) is 28.4 Å². The number of ether oxygens (including phenoxy) is 1. The van der Waals surface area contributed by atoms with E-state index in [0.29, 0.717) is 47.8 Å². The summed E-state index contributed by atoms with van der Waals surface area (Å²) in [6.07, 6.45) is 8.86. The molecule has 1 unspecified atom stereocenters. The second kappa shape index (κ2) is 11.0.